The number of halogens is 2. The zero-order chi connectivity index (χ0) is 13.4. The van der Waals surface area contributed by atoms with Crippen LogP contribution in [0.15, 0.2) is 10.5 Å². The van der Waals surface area contributed by atoms with Crippen molar-refractivity contribution in [2.75, 3.05) is 6.61 Å². The summed E-state index contributed by atoms with van der Waals surface area (Å²) in [6.45, 7) is 7.57. The van der Waals surface area contributed by atoms with Crippen LogP contribution in [0.4, 0.5) is 0 Å². The van der Waals surface area contributed by atoms with E-state index in [0.29, 0.717) is 5.56 Å². The Morgan fingerprint density at radius 3 is 2.33 bits per heavy atom. The zero-order valence-corrected chi connectivity index (χ0v) is 13.5. The molecule has 0 spiro atoms. The van der Waals surface area contributed by atoms with E-state index in [-0.39, 0.29) is 24.8 Å². The molecule has 0 saturated heterocycles. The van der Waals surface area contributed by atoms with Crippen molar-refractivity contribution < 1.29 is 10.2 Å². The van der Waals surface area contributed by atoms with Crippen LogP contribution < -0.4 is 5.73 Å². The lowest BCUT2D eigenvalue weighted by Crippen LogP contribution is -2.33. The van der Waals surface area contributed by atoms with E-state index in [4.69, 9.17) is 5.73 Å². The van der Waals surface area contributed by atoms with Crippen molar-refractivity contribution in [3.63, 3.8) is 0 Å². The van der Waals surface area contributed by atoms with Gasteiger partial charge in [0.1, 0.15) is 5.75 Å². The van der Waals surface area contributed by atoms with E-state index in [1.54, 1.807) is 6.07 Å². The number of hydrogen-bond acceptors (Lipinski definition) is 3. The van der Waals surface area contributed by atoms with E-state index < -0.39 is 11.5 Å². The van der Waals surface area contributed by atoms with Crippen LogP contribution in [0.3, 0.4) is 0 Å². The molecule has 0 aromatic heterocycles. The number of phenols is 1. The Morgan fingerprint density at radius 1 is 1.39 bits per heavy atom. The highest BCUT2D eigenvalue weighted by Gasteiger charge is 2.30. The summed E-state index contributed by atoms with van der Waals surface area (Å²) < 4.78 is 0.953. The molecule has 3 nitrogen and oxygen atoms in total. The molecule has 0 fully saturated rings. The summed E-state index contributed by atoms with van der Waals surface area (Å²) in [5.41, 5.74) is 8.28. The van der Waals surface area contributed by atoms with Crippen molar-refractivity contribution in [1.29, 1.82) is 0 Å². The molecule has 1 aromatic carbocycles. The van der Waals surface area contributed by atoms with Crippen LogP contribution in [0.25, 0.3) is 0 Å². The third-order valence-corrected chi connectivity index (χ3v) is 4.49. The normalized spacial score (nSPS) is 13.1. The Balaban J connectivity index is 0.00000289. The fourth-order valence-electron chi connectivity index (χ4n) is 1.83. The molecule has 18 heavy (non-hydrogen) atoms. The summed E-state index contributed by atoms with van der Waals surface area (Å²) in [7, 11) is 0. The highest BCUT2D eigenvalue weighted by Crippen LogP contribution is 2.40. The molecule has 104 valence electrons. The lowest BCUT2D eigenvalue weighted by molar-refractivity contribution is 0.131. The quantitative estimate of drug-likeness (QED) is 0.793. The maximum Gasteiger partial charge on any atom is 0.120 e. The van der Waals surface area contributed by atoms with Gasteiger partial charge in [0.15, 0.2) is 0 Å². The van der Waals surface area contributed by atoms with Gasteiger partial charge in [0.25, 0.3) is 0 Å². The summed E-state index contributed by atoms with van der Waals surface area (Å²) in [6.07, 6.45) is 0. The lowest BCUT2D eigenvalue weighted by Gasteiger charge is -2.31. The van der Waals surface area contributed by atoms with Gasteiger partial charge in [-0.05, 0) is 31.0 Å². The smallest absolute Gasteiger partial charge is 0.120 e. The second kappa shape index (κ2) is 6.24. The van der Waals surface area contributed by atoms with Crippen LogP contribution >= 0.6 is 28.3 Å². The Labute approximate surface area is 123 Å². The van der Waals surface area contributed by atoms with Crippen LogP contribution in [-0.4, -0.2) is 16.8 Å². The molecule has 0 aliphatic heterocycles. The van der Waals surface area contributed by atoms with Crippen molar-refractivity contribution in [2.45, 2.75) is 33.7 Å². The van der Waals surface area contributed by atoms with Crippen LogP contribution in [0.5, 0.6) is 5.75 Å². The van der Waals surface area contributed by atoms with Crippen molar-refractivity contribution in [3.8, 4) is 5.75 Å². The first-order chi connectivity index (χ1) is 7.72. The Hall–Kier alpha value is -0.290. The van der Waals surface area contributed by atoms with Crippen LogP contribution in [0, 0.1) is 19.3 Å². The largest absolute Gasteiger partial charge is 0.508 e. The SMILES string of the molecule is Cc1cc(O)c([C@@H](N)C(C)(C)CO)c(C)c1Br.Cl. The van der Waals surface area contributed by atoms with Gasteiger partial charge < -0.3 is 15.9 Å². The Kier molecular flexibility index (Phi) is 6.14. The number of nitrogens with two attached hydrogens (primary N) is 1. The average molecular weight is 339 g/mol. The highest BCUT2D eigenvalue weighted by molar-refractivity contribution is 9.10. The first-order valence-electron chi connectivity index (χ1n) is 5.57. The van der Waals surface area contributed by atoms with E-state index >= 15 is 0 Å². The van der Waals surface area contributed by atoms with Gasteiger partial charge in [0.05, 0.1) is 0 Å². The van der Waals surface area contributed by atoms with E-state index in [9.17, 15) is 10.2 Å². The van der Waals surface area contributed by atoms with Crippen LogP contribution in [0.2, 0.25) is 0 Å². The summed E-state index contributed by atoms with van der Waals surface area (Å²) in [5.74, 6) is 0.192. The number of aryl methyl sites for hydroxylation is 1. The maximum absolute atomic E-state index is 10.0. The predicted molar refractivity (Wildman–Crippen MR) is 80.3 cm³/mol. The molecule has 0 aliphatic carbocycles. The molecule has 5 heteroatoms. The molecule has 0 unspecified atom stereocenters. The van der Waals surface area contributed by atoms with Gasteiger partial charge in [-0.25, -0.2) is 0 Å². The van der Waals surface area contributed by atoms with Crippen LogP contribution in [0.1, 0.15) is 36.6 Å². The fourth-order valence-corrected chi connectivity index (χ4v) is 2.16. The maximum atomic E-state index is 10.0. The molecule has 1 atom stereocenters. The minimum absolute atomic E-state index is 0. The van der Waals surface area contributed by atoms with E-state index in [0.717, 1.165) is 15.6 Å². The number of phenolic OH excluding ortho intramolecular Hbond substituents is 1. The molecular formula is C13H21BrClNO2. The molecule has 0 heterocycles. The number of benzene rings is 1. The van der Waals surface area contributed by atoms with Gasteiger partial charge in [-0.15, -0.1) is 12.4 Å². The van der Waals surface area contributed by atoms with Gasteiger partial charge in [0.2, 0.25) is 0 Å². The van der Waals surface area contributed by atoms with Crippen molar-refractivity contribution >= 4 is 28.3 Å². The first kappa shape index (κ1) is 17.7. The second-order valence-electron chi connectivity index (χ2n) is 5.19. The average Bonchev–Trinajstić information content (AvgIpc) is 2.26. The fraction of sp³-hybridized carbons (Fsp3) is 0.538. The Morgan fingerprint density at radius 2 is 1.89 bits per heavy atom. The minimum Gasteiger partial charge on any atom is -0.508 e. The van der Waals surface area contributed by atoms with Crippen molar-refractivity contribution in [1.82, 2.24) is 0 Å². The van der Waals surface area contributed by atoms with Gasteiger partial charge in [-0.2, -0.15) is 0 Å². The molecule has 0 bridgehead atoms. The Bertz CT molecular complexity index is 435. The number of aliphatic hydroxyl groups is 1. The summed E-state index contributed by atoms with van der Waals surface area (Å²) in [6, 6.07) is 1.28. The molecule has 0 saturated carbocycles. The predicted octanol–water partition coefficient (Wildman–Crippen LogP) is 3.21. The van der Waals surface area contributed by atoms with E-state index in [1.165, 1.54) is 0 Å². The molecule has 0 aliphatic rings. The first-order valence-corrected chi connectivity index (χ1v) is 6.36. The molecular weight excluding hydrogens is 318 g/mol. The monoisotopic (exact) mass is 337 g/mol. The summed E-state index contributed by atoms with van der Waals surface area (Å²) in [5, 5.41) is 19.4. The molecule has 0 radical (unpaired) electrons. The number of rotatable bonds is 3. The third kappa shape index (κ3) is 3.18. The number of aromatic hydroxyl groups is 1. The standard InChI is InChI=1S/C13H20BrNO2.ClH/c1-7-5-9(17)10(8(2)11(7)14)12(15)13(3,4)6-16;/h5,12,16-17H,6,15H2,1-4H3;1H/t12-;/m1./s1. The molecule has 0 amide bonds. The third-order valence-electron chi connectivity index (χ3n) is 3.27. The van der Waals surface area contributed by atoms with Crippen molar-refractivity contribution in [3.05, 3.63) is 27.2 Å². The van der Waals surface area contributed by atoms with Gasteiger partial charge in [-0.1, -0.05) is 29.8 Å². The molecule has 1 rings (SSSR count). The lowest BCUT2D eigenvalue weighted by atomic mass is 9.79. The van der Waals surface area contributed by atoms with E-state index in [1.807, 2.05) is 27.7 Å². The highest BCUT2D eigenvalue weighted by atomic mass is 79.9. The van der Waals surface area contributed by atoms with Gasteiger partial charge in [-0.3, -0.25) is 0 Å². The molecule has 4 N–H and O–H groups in total. The zero-order valence-electron chi connectivity index (χ0n) is 11.1. The second-order valence-corrected chi connectivity index (χ2v) is 5.98. The molecule has 1 aromatic rings. The van der Waals surface area contributed by atoms with Gasteiger partial charge in [0, 0.05) is 28.1 Å². The number of aliphatic hydroxyl groups excluding tert-OH is 1. The van der Waals surface area contributed by atoms with E-state index in [2.05, 4.69) is 15.9 Å². The van der Waals surface area contributed by atoms with Crippen LogP contribution in [-0.2, 0) is 0 Å². The van der Waals surface area contributed by atoms with Gasteiger partial charge >= 0.3 is 0 Å². The topological polar surface area (TPSA) is 66.5 Å². The van der Waals surface area contributed by atoms with Crippen molar-refractivity contribution in [2.24, 2.45) is 11.1 Å². The summed E-state index contributed by atoms with van der Waals surface area (Å²) >= 11 is 3.49. The summed E-state index contributed by atoms with van der Waals surface area (Å²) in [4.78, 5) is 0. The number of hydrogen-bond donors (Lipinski definition) is 3. The minimum atomic E-state index is -0.475.